The number of halogens is 3. The lowest BCUT2D eigenvalue weighted by molar-refractivity contribution is -0.138. The Balaban J connectivity index is 3.04. The summed E-state index contributed by atoms with van der Waals surface area (Å²) in [6.07, 6.45) is -2.16. The van der Waals surface area contributed by atoms with Gasteiger partial charge in [-0.1, -0.05) is 0 Å². The van der Waals surface area contributed by atoms with E-state index in [9.17, 15) is 18.0 Å². The molecule has 3 nitrogen and oxygen atoms in total. The van der Waals surface area contributed by atoms with Crippen molar-refractivity contribution in [2.75, 3.05) is 13.7 Å². The van der Waals surface area contributed by atoms with Crippen molar-refractivity contribution in [2.24, 2.45) is 0 Å². The Bertz CT molecular complexity index is 479. The second kappa shape index (κ2) is 6.26. The Morgan fingerprint density at radius 2 is 2.00 bits per heavy atom. The molecule has 19 heavy (non-hydrogen) atoms. The van der Waals surface area contributed by atoms with Crippen LogP contribution < -0.4 is 4.74 Å². The first kappa shape index (κ1) is 15.1. The van der Waals surface area contributed by atoms with Crippen molar-refractivity contribution in [1.29, 1.82) is 0 Å². The maximum absolute atomic E-state index is 12.6. The van der Waals surface area contributed by atoms with Crippen LogP contribution in [0.3, 0.4) is 0 Å². The number of benzene rings is 1. The van der Waals surface area contributed by atoms with Crippen molar-refractivity contribution < 1.29 is 27.4 Å². The van der Waals surface area contributed by atoms with Gasteiger partial charge in [-0.25, -0.2) is 4.79 Å². The summed E-state index contributed by atoms with van der Waals surface area (Å²) in [4.78, 5) is 11.1. The molecular formula is C13H13F3O3. The van der Waals surface area contributed by atoms with E-state index in [1.165, 1.54) is 19.3 Å². The molecule has 0 aromatic heterocycles. The fraction of sp³-hybridized carbons (Fsp3) is 0.308. The molecule has 0 spiro atoms. The van der Waals surface area contributed by atoms with E-state index in [-0.39, 0.29) is 17.9 Å². The number of esters is 1. The lowest BCUT2D eigenvalue weighted by Crippen LogP contribution is -2.05. The molecule has 0 radical (unpaired) electrons. The molecule has 0 heterocycles. The van der Waals surface area contributed by atoms with Crippen LogP contribution >= 0.6 is 0 Å². The quantitative estimate of drug-likeness (QED) is 0.624. The first-order valence-corrected chi connectivity index (χ1v) is 5.48. The van der Waals surface area contributed by atoms with Gasteiger partial charge in [-0.3, -0.25) is 0 Å². The fourth-order valence-electron chi connectivity index (χ4n) is 1.35. The van der Waals surface area contributed by atoms with E-state index in [0.717, 1.165) is 18.2 Å². The summed E-state index contributed by atoms with van der Waals surface area (Å²) in [5, 5.41) is 0. The molecule has 0 aliphatic carbocycles. The smallest absolute Gasteiger partial charge is 0.416 e. The minimum atomic E-state index is -4.47. The van der Waals surface area contributed by atoms with Gasteiger partial charge in [-0.05, 0) is 36.8 Å². The van der Waals surface area contributed by atoms with Crippen LogP contribution in [0.5, 0.6) is 5.75 Å². The molecule has 104 valence electrons. The molecule has 0 unspecified atom stereocenters. The third-order valence-electron chi connectivity index (χ3n) is 2.19. The van der Waals surface area contributed by atoms with Gasteiger partial charge in [-0.2, -0.15) is 13.2 Å². The standard InChI is InChI=1S/C13H13F3O3/c1-3-19-12(17)5-4-9-6-10(13(14,15)16)8-11(7-9)18-2/h4-8H,3H2,1-2H3. The van der Waals surface area contributed by atoms with Crippen molar-refractivity contribution in [3.63, 3.8) is 0 Å². The van der Waals surface area contributed by atoms with Crippen LogP contribution in [0, 0.1) is 0 Å². The number of methoxy groups -OCH3 is 1. The van der Waals surface area contributed by atoms with Crippen LogP contribution in [0.15, 0.2) is 24.3 Å². The highest BCUT2D eigenvalue weighted by atomic mass is 19.4. The van der Waals surface area contributed by atoms with E-state index in [0.29, 0.717) is 0 Å². The zero-order chi connectivity index (χ0) is 14.5. The predicted molar refractivity (Wildman–Crippen MR) is 63.7 cm³/mol. The zero-order valence-electron chi connectivity index (χ0n) is 10.5. The van der Waals surface area contributed by atoms with Crippen LogP contribution in [0.2, 0.25) is 0 Å². The minimum absolute atomic E-state index is 0.0679. The van der Waals surface area contributed by atoms with Crippen molar-refractivity contribution >= 4 is 12.0 Å². The average molecular weight is 274 g/mol. The highest BCUT2D eigenvalue weighted by molar-refractivity contribution is 5.87. The summed E-state index contributed by atoms with van der Waals surface area (Å²) in [5.74, 6) is -0.544. The van der Waals surface area contributed by atoms with Crippen LogP contribution in [0.4, 0.5) is 13.2 Å². The van der Waals surface area contributed by atoms with E-state index in [2.05, 4.69) is 4.74 Å². The number of carbonyl (C=O) groups is 1. The first-order valence-electron chi connectivity index (χ1n) is 5.48. The summed E-state index contributed by atoms with van der Waals surface area (Å²) < 4.78 is 47.3. The number of carbonyl (C=O) groups excluding carboxylic acids is 1. The van der Waals surface area contributed by atoms with Crippen LogP contribution in [0.1, 0.15) is 18.1 Å². The van der Waals surface area contributed by atoms with E-state index in [1.54, 1.807) is 6.92 Å². The predicted octanol–water partition coefficient (Wildman–Crippen LogP) is 3.29. The largest absolute Gasteiger partial charge is 0.497 e. The highest BCUT2D eigenvalue weighted by Crippen LogP contribution is 2.32. The number of hydrogen-bond acceptors (Lipinski definition) is 3. The van der Waals surface area contributed by atoms with Crippen LogP contribution in [0.25, 0.3) is 6.08 Å². The van der Waals surface area contributed by atoms with E-state index >= 15 is 0 Å². The number of alkyl halides is 3. The maximum Gasteiger partial charge on any atom is 0.416 e. The molecule has 1 rings (SSSR count). The molecule has 6 heteroatoms. The third-order valence-corrected chi connectivity index (χ3v) is 2.19. The zero-order valence-corrected chi connectivity index (χ0v) is 10.5. The van der Waals surface area contributed by atoms with Gasteiger partial charge in [0.25, 0.3) is 0 Å². The number of ether oxygens (including phenoxy) is 2. The van der Waals surface area contributed by atoms with Crippen molar-refractivity contribution in [1.82, 2.24) is 0 Å². The lowest BCUT2D eigenvalue weighted by Gasteiger charge is -2.10. The Morgan fingerprint density at radius 3 is 2.53 bits per heavy atom. The first-order chi connectivity index (χ1) is 8.86. The van der Waals surface area contributed by atoms with Crippen LogP contribution in [-0.4, -0.2) is 19.7 Å². The van der Waals surface area contributed by atoms with E-state index < -0.39 is 17.7 Å². The van der Waals surface area contributed by atoms with Gasteiger partial charge in [0, 0.05) is 6.08 Å². The summed E-state index contributed by atoms with van der Waals surface area (Å²) in [6.45, 7) is 1.84. The summed E-state index contributed by atoms with van der Waals surface area (Å²) in [7, 11) is 1.27. The Hall–Kier alpha value is -1.98. The normalized spacial score (nSPS) is 11.6. The molecule has 0 aliphatic rings. The minimum Gasteiger partial charge on any atom is -0.497 e. The molecule has 0 saturated carbocycles. The highest BCUT2D eigenvalue weighted by Gasteiger charge is 2.31. The maximum atomic E-state index is 12.6. The fourth-order valence-corrected chi connectivity index (χ4v) is 1.35. The molecule has 1 aromatic carbocycles. The Labute approximate surface area is 108 Å². The van der Waals surface area contributed by atoms with Crippen molar-refractivity contribution in [2.45, 2.75) is 13.1 Å². The summed E-state index contributed by atoms with van der Waals surface area (Å²) in [6, 6.07) is 3.21. The second-order valence-corrected chi connectivity index (χ2v) is 3.58. The van der Waals surface area contributed by atoms with Crippen LogP contribution in [-0.2, 0) is 15.7 Å². The van der Waals surface area contributed by atoms with Gasteiger partial charge in [0.1, 0.15) is 5.75 Å². The Kier molecular flexibility index (Phi) is 4.97. The third kappa shape index (κ3) is 4.65. The van der Waals surface area contributed by atoms with Gasteiger partial charge in [-0.15, -0.1) is 0 Å². The van der Waals surface area contributed by atoms with Gasteiger partial charge < -0.3 is 9.47 Å². The topological polar surface area (TPSA) is 35.5 Å². The molecule has 1 aromatic rings. The lowest BCUT2D eigenvalue weighted by atomic mass is 10.1. The van der Waals surface area contributed by atoms with Gasteiger partial charge in [0.15, 0.2) is 0 Å². The van der Waals surface area contributed by atoms with E-state index in [4.69, 9.17) is 4.74 Å². The molecule has 0 aliphatic heterocycles. The number of rotatable bonds is 4. The molecule has 0 atom stereocenters. The van der Waals surface area contributed by atoms with Crippen molar-refractivity contribution in [3.05, 3.63) is 35.4 Å². The molecule has 0 fully saturated rings. The molecule has 0 amide bonds. The molecule has 0 saturated heterocycles. The van der Waals surface area contributed by atoms with Gasteiger partial charge in [0.05, 0.1) is 19.3 Å². The Morgan fingerprint density at radius 1 is 1.32 bits per heavy atom. The SMILES string of the molecule is CCOC(=O)C=Cc1cc(OC)cc(C(F)(F)F)c1. The second-order valence-electron chi connectivity index (χ2n) is 3.58. The van der Waals surface area contributed by atoms with E-state index in [1.807, 2.05) is 0 Å². The summed E-state index contributed by atoms with van der Waals surface area (Å²) >= 11 is 0. The van der Waals surface area contributed by atoms with Crippen molar-refractivity contribution in [3.8, 4) is 5.75 Å². The molecular weight excluding hydrogens is 261 g/mol. The number of hydrogen-bond donors (Lipinski definition) is 0. The van der Waals surface area contributed by atoms with Gasteiger partial charge >= 0.3 is 12.1 Å². The summed E-state index contributed by atoms with van der Waals surface area (Å²) in [5.41, 5.74) is -0.630. The molecule has 0 N–H and O–H groups in total. The average Bonchev–Trinajstić information content (AvgIpc) is 2.35. The molecule has 0 bridgehead atoms. The monoisotopic (exact) mass is 274 g/mol. The van der Waals surface area contributed by atoms with Gasteiger partial charge in [0.2, 0.25) is 0 Å².